The molecule has 6 heteroatoms. The third-order valence-corrected chi connectivity index (χ3v) is 4.87. The summed E-state index contributed by atoms with van der Waals surface area (Å²) in [6, 6.07) is 17.8. The fourth-order valence-corrected chi connectivity index (χ4v) is 3.32. The van der Waals surface area contributed by atoms with Gasteiger partial charge in [-0.1, -0.05) is 42.0 Å². The zero-order chi connectivity index (χ0) is 21.1. The second kappa shape index (κ2) is 8.21. The van der Waals surface area contributed by atoms with E-state index in [2.05, 4.69) is 42.6 Å². The average Bonchev–Trinajstić information content (AvgIpc) is 3.35. The van der Waals surface area contributed by atoms with Crippen molar-refractivity contribution >= 4 is 12.1 Å². The highest BCUT2D eigenvalue weighted by Crippen LogP contribution is 2.26. The van der Waals surface area contributed by atoms with Crippen LogP contribution in [-0.4, -0.2) is 21.9 Å². The van der Waals surface area contributed by atoms with Gasteiger partial charge < -0.3 is 4.42 Å². The molecule has 0 saturated carbocycles. The van der Waals surface area contributed by atoms with Crippen LogP contribution in [0.25, 0.3) is 16.9 Å². The van der Waals surface area contributed by atoms with Crippen molar-refractivity contribution in [3.8, 4) is 16.9 Å². The predicted octanol–water partition coefficient (Wildman–Crippen LogP) is 4.82. The van der Waals surface area contributed by atoms with Gasteiger partial charge in [0.25, 0.3) is 5.91 Å². The second-order valence-electron chi connectivity index (χ2n) is 7.12. The first-order valence-electron chi connectivity index (χ1n) is 9.63. The van der Waals surface area contributed by atoms with E-state index in [4.69, 9.17) is 9.52 Å². The maximum atomic E-state index is 12.3. The number of aryl methyl sites for hydroxylation is 3. The Morgan fingerprint density at radius 2 is 1.90 bits per heavy atom. The molecular weight excluding hydrogens is 376 g/mol. The number of benzene rings is 2. The largest absolute Gasteiger partial charge is 0.469 e. The summed E-state index contributed by atoms with van der Waals surface area (Å²) in [5.74, 6) is 0.233. The van der Waals surface area contributed by atoms with Gasteiger partial charge in [-0.3, -0.25) is 4.79 Å². The van der Waals surface area contributed by atoms with Gasteiger partial charge in [-0.2, -0.15) is 10.2 Å². The van der Waals surface area contributed by atoms with Gasteiger partial charge in [-0.05, 0) is 44.5 Å². The first-order valence-corrected chi connectivity index (χ1v) is 9.63. The van der Waals surface area contributed by atoms with Crippen LogP contribution in [0.1, 0.15) is 32.8 Å². The zero-order valence-corrected chi connectivity index (χ0v) is 17.1. The van der Waals surface area contributed by atoms with Gasteiger partial charge in [0, 0.05) is 17.3 Å². The Morgan fingerprint density at radius 3 is 2.60 bits per heavy atom. The summed E-state index contributed by atoms with van der Waals surface area (Å²) in [4.78, 5) is 12.3. The normalized spacial score (nSPS) is 11.2. The molecule has 0 bridgehead atoms. The number of nitrogens with zero attached hydrogens (tertiary/aromatic N) is 3. The van der Waals surface area contributed by atoms with Crippen LogP contribution in [0.4, 0.5) is 0 Å². The molecule has 1 N–H and O–H groups in total. The van der Waals surface area contributed by atoms with Crippen molar-refractivity contribution in [2.24, 2.45) is 5.10 Å². The van der Waals surface area contributed by atoms with Crippen LogP contribution in [0, 0.1) is 20.8 Å². The lowest BCUT2D eigenvalue weighted by atomic mass is 10.0. The van der Waals surface area contributed by atoms with Crippen LogP contribution >= 0.6 is 0 Å². The Bertz CT molecular complexity index is 1220. The highest BCUT2D eigenvalue weighted by atomic mass is 16.3. The molecule has 6 nitrogen and oxygen atoms in total. The first kappa shape index (κ1) is 19.4. The fraction of sp³-hybridized carbons (Fsp3) is 0.125. The van der Waals surface area contributed by atoms with Gasteiger partial charge in [-0.25, -0.2) is 10.1 Å². The summed E-state index contributed by atoms with van der Waals surface area (Å²) in [6.07, 6.45) is 5.01. The van der Waals surface area contributed by atoms with E-state index in [-0.39, 0.29) is 5.91 Å². The van der Waals surface area contributed by atoms with E-state index in [1.165, 1.54) is 11.8 Å². The lowest BCUT2D eigenvalue weighted by Crippen LogP contribution is -2.17. The molecule has 2 heterocycles. The number of nitrogens with one attached hydrogen (secondary N) is 1. The SMILES string of the molecule is Cc1ccc(-c2nn(-c3ccccc3)cc2/C=N\NC(=O)c2ccoc2C)c(C)c1. The number of hydrogen-bond donors (Lipinski definition) is 1. The van der Waals surface area contributed by atoms with Crippen LogP contribution < -0.4 is 5.43 Å². The molecule has 150 valence electrons. The van der Waals surface area contributed by atoms with Crippen LogP contribution in [0.3, 0.4) is 0 Å². The summed E-state index contributed by atoms with van der Waals surface area (Å²) in [7, 11) is 0. The van der Waals surface area contributed by atoms with Gasteiger partial charge in [0.15, 0.2) is 0 Å². The minimum absolute atomic E-state index is 0.319. The van der Waals surface area contributed by atoms with Crippen molar-refractivity contribution in [3.05, 3.63) is 95.1 Å². The molecular formula is C24H22N4O2. The number of rotatable bonds is 5. The summed E-state index contributed by atoms with van der Waals surface area (Å²) >= 11 is 0. The molecule has 0 spiro atoms. The van der Waals surface area contributed by atoms with E-state index < -0.39 is 0 Å². The van der Waals surface area contributed by atoms with Crippen LogP contribution in [-0.2, 0) is 0 Å². The molecule has 0 aliphatic rings. The van der Waals surface area contributed by atoms with Crippen molar-refractivity contribution in [1.29, 1.82) is 0 Å². The molecule has 0 aliphatic heterocycles. The van der Waals surface area contributed by atoms with Gasteiger partial charge in [0.2, 0.25) is 0 Å². The number of aromatic nitrogens is 2. The maximum Gasteiger partial charge on any atom is 0.274 e. The van der Waals surface area contributed by atoms with E-state index in [0.29, 0.717) is 11.3 Å². The Kier molecular flexibility index (Phi) is 5.30. The molecule has 0 aliphatic carbocycles. The van der Waals surface area contributed by atoms with Gasteiger partial charge >= 0.3 is 0 Å². The van der Waals surface area contributed by atoms with Gasteiger partial charge in [0.05, 0.1) is 23.7 Å². The van der Waals surface area contributed by atoms with E-state index in [9.17, 15) is 4.79 Å². The molecule has 0 radical (unpaired) electrons. The van der Waals surface area contributed by atoms with Crippen LogP contribution in [0.2, 0.25) is 0 Å². The number of hydrogen-bond acceptors (Lipinski definition) is 4. The van der Waals surface area contributed by atoms with E-state index in [0.717, 1.165) is 28.1 Å². The van der Waals surface area contributed by atoms with Crippen molar-refractivity contribution in [3.63, 3.8) is 0 Å². The molecule has 0 fully saturated rings. The lowest BCUT2D eigenvalue weighted by molar-refractivity contribution is 0.0953. The Balaban J connectivity index is 1.69. The molecule has 0 unspecified atom stereocenters. The summed E-state index contributed by atoms with van der Waals surface area (Å²) < 4.78 is 6.99. The van der Waals surface area contributed by atoms with E-state index in [1.54, 1.807) is 19.2 Å². The van der Waals surface area contributed by atoms with E-state index >= 15 is 0 Å². The minimum atomic E-state index is -0.319. The molecule has 0 saturated heterocycles. The zero-order valence-electron chi connectivity index (χ0n) is 17.1. The first-order chi connectivity index (χ1) is 14.5. The van der Waals surface area contributed by atoms with Crippen LogP contribution in [0.5, 0.6) is 0 Å². The Morgan fingerprint density at radius 1 is 1.10 bits per heavy atom. The molecule has 4 aromatic rings. The highest BCUT2D eigenvalue weighted by Gasteiger charge is 2.14. The molecule has 1 amide bonds. The third kappa shape index (κ3) is 3.93. The third-order valence-electron chi connectivity index (χ3n) is 4.87. The van der Waals surface area contributed by atoms with Crippen molar-refractivity contribution in [2.75, 3.05) is 0 Å². The van der Waals surface area contributed by atoms with Gasteiger partial charge in [0.1, 0.15) is 11.5 Å². The topological polar surface area (TPSA) is 72.4 Å². The monoisotopic (exact) mass is 398 g/mol. The smallest absolute Gasteiger partial charge is 0.274 e. The summed E-state index contributed by atoms with van der Waals surface area (Å²) in [6.45, 7) is 5.87. The minimum Gasteiger partial charge on any atom is -0.469 e. The lowest BCUT2D eigenvalue weighted by Gasteiger charge is -2.05. The second-order valence-corrected chi connectivity index (χ2v) is 7.12. The molecule has 4 rings (SSSR count). The average molecular weight is 398 g/mol. The fourth-order valence-electron chi connectivity index (χ4n) is 3.32. The van der Waals surface area contributed by atoms with Crippen LogP contribution in [0.15, 0.2) is 76.6 Å². The molecule has 30 heavy (non-hydrogen) atoms. The number of para-hydroxylation sites is 1. The standard InChI is InChI=1S/C24H22N4O2/c1-16-9-10-21(17(2)13-16)23-19(15-28(27-23)20-7-5-4-6-8-20)14-25-26-24(29)22-11-12-30-18(22)3/h4-15H,1-3H3,(H,26,29)/b25-14-. The highest BCUT2D eigenvalue weighted by molar-refractivity contribution is 5.96. The van der Waals surface area contributed by atoms with Crippen molar-refractivity contribution in [1.82, 2.24) is 15.2 Å². The predicted molar refractivity (Wildman–Crippen MR) is 117 cm³/mol. The number of hydrazone groups is 1. The van der Waals surface area contributed by atoms with Crippen molar-refractivity contribution in [2.45, 2.75) is 20.8 Å². The number of amides is 1. The molecule has 2 aromatic carbocycles. The summed E-state index contributed by atoms with van der Waals surface area (Å²) in [5.41, 5.74) is 8.90. The summed E-state index contributed by atoms with van der Waals surface area (Å²) in [5, 5.41) is 8.96. The maximum absolute atomic E-state index is 12.3. The number of carbonyl (C=O) groups excluding carboxylic acids is 1. The van der Waals surface area contributed by atoms with Crippen molar-refractivity contribution < 1.29 is 9.21 Å². The quantitative estimate of drug-likeness (QED) is 0.387. The number of furan rings is 1. The number of carbonyl (C=O) groups is 1. The molecule has 0 atom stereocenters. The van der Waals surface area contributed by atoms with E-state index in [1.807, 2.05) is 41.2 Å². The molecule has 2 aromatic heterocycles. The van der Waals surface area contributed by atoms with Gasteiger partial charge in [-0.15, -0.1) is 0 Å². The Hall–Kier alpha value is -3.93. The Labute approximate surface area is 174 Å².